The van der Waals surface area contributed by atoms with Crippen molar-refractivity contribution in [2.24, 2.45) is 11.8 Å². The molecule has 1 saturated carbocycles. The minimum atomic E-state index is 0.366. The Morgan fingerprint density at radius 2 is 2.27 bits per heavy atom. The fourth-order valence-electron chi connectivity index (χ4n) is 2.28. The van der Waals surface area contributed by atoms with Gasteiger partial charge in [0.25, 0.3) is 0 Å². The van der Waals surface area contributed by atoms with Crippen molar-refractivity contribution in [1.82, 2.24) is 4.98 Å². The molecule has 0 aromatic carbocycles. The molecule has 3 atom stereocenters. The fraction of sp³-hybridized carbons (Fsp3) is 0.583. The summed E-state index contributed by atoms with van der Waals surface area (Å²) in [5.41, 5.74) is 1.18. The van der Waals surface area contributed by atoms with Crippen LogP contribution in [0, 0.1) is 11.8 Å². The Hall–Kier alpha value is -0.0800. The lowest BCUT2D eigenvalue weighted by Crippen LogP contribution is -2.13. The number of hydrogen-bond donors (Lipinski definition) is 0. The van der Waals surface area contributed by atoms with Crippen molar-refractivity contribution in [2.75, 3.05) is 0 Å². The predicted octanol–water partition coefficient (Wildman–Crippen LogP) is 4.04. The van der Waals surface area contributed by atoms with Gasteiger partial charge < -0.3 is 0 Å². The molecule has 0 aliphatic heterocycles. The van der Waals surface area contributed by atoms with Crippen LogP contribution in [0.1, 0.15) is 25.5 Å². The number of nitrogens with zero attached hydrogens (tertiary/aromatic N) is 1. The number of hydrogen-bond acceptors (Lipinski definition) is 1. The van der Waals surface area contributed by atoms with Gasteiger partial charge >= 0.3 is 0 Å². The minimum Gasteiger partial charge on any atom is -0.260 e. The van der Waals surface area contributed by atoms with Crippen molar-refractivity contribution >= 4 is 27.5 Å². The van der Waals surface area contributed by atoms with Crippen LogP contribution >= 0.6 is 27.5 Å². The standard InChI is InChI=1S/C12H15BrClN/c1-8-9(2-5-12(8)14)6-11-4-3-10(13)7-15-11/h3-4,7-9,12H,2,5-6H2,1H3. The molecule has 3 unspecified atom stereocenters. The van der Waals surface area contributed by atoms with Crippen molar-refractivity contribution in [3.63, 3.8) is 0 Å². The van der Waals surface area contributed by atoms with E-state index in [1.54, 1.807) is 0 Å². The Kier molecular flexibility index (Phi) is 3.68. The second kappa shape index (κ2) is 4.84. The maximum Gasteiger partial charge on any atom is 0.0413 e. The maximum absolute atomic E-state index is 6.22. The van der Waals surface area contributed by atoms with Crippen LogP contribution in [0.25, 0.3) is 0 Å². The fourth-order valence-corrected chi connectivity index (χ4v) is 2.84. The van der Waals surface area contributed by atoms with Crippen LogP contribution in [0.3, 0.4) is 0 Å². The number of aromatic nitrogens is 1. The predicted molar refractivity (Wildman–Crippen MR) is 67.2 cm³/mol. The molecule has 82 valence electrons. The first-order valence-electron chi connectivity index (χ1n) is 5.41. The highest BCUT2D eigenvalue weighted by Gasteiger charge is 2.31. The molecule has 1 aromatic heterocycles. The Bertz CT molecular complexity index is 325. The second-order valence-corrected chi connectivity index (χ2v) is 5.86. The minimum absolute atomic E-state index is 0.366. The molecule has 1 nitrogen and oxygen atoms in total. The summed E-state index contributed by atoms with van der Waals surface area (Å²) < 4.78 is 1.04. The maximum atomic E-state index is 6.22. The second-order valence-electron chi connectivity index (χ2n) is 4.38. The molecule has 1 aliphatic rings. The quantitative estimate of drug-likeness (QED) is 0.749. The van der Waals surface area contributed by atoms with Crippen LogP contribution in [0.15, 0.2) is 22.8 Å². The third-order valence-corrected chi connectivity index (χ3v) is 4.47. The summed E-state index contributed by atoms with van der Waals surface area (Å²) in [6.07, 6.45) is 5.34. The molecule has 1 aromatic rings. The van der Waals surface area contributed by atoms with Gasteiger partial charge in [-0.15, -0.1) is 11.6 Å². The van der Waals surface area contributed by atoms with Crippen LogP contribution in [0.5, 0.6) is 0 Å². The molecule has 2 rings (SSSR count). The number of halogens is 2. The van der Waals surface area contributed by atoms with Gasteiger partial charge in [0.05, 0.1) is 0 Å². The van der Waals surface area contributed by atoms with Gasteiger partial charge in [0.15, 0.2) is 0 Å². The van der Waals surface area contributed by atoms with E-state index >= 15 is 0 Å². The van der Waals surface area contributed by atoms with Gasteiger partial charge in [-0.3, -0.25) is 4.98 Å². The lowest BCUT2D eigenvalue weighted by atomic mass is 9.93. The topological polar surface area (TPSA) is 12.9 Å². The van der Waals surface area contributed by atoms with Crippen molar-refractivity contribution in [3.8, 4) is 0 Å². The van der Waals surface area contributed by atoms with Crippen LogP contribution < -0.4 is 0 Å². The van der Waals surface area contributed by atoms with Gasteiger partial charge in [-0.2, -0.15) is 0 Å². The molecule has 3 heteroatoms. The Morgan fingerprint density at radius 3 is 2.80 bits per heavy atom. The summed E-state index contributed by atoms with van der Waals surface area (Å²) in [6, 6.07) is 4.15. The molecule has 1 aliphatic carbocycles. The molecular weight excluding hydrogens is 273 g/mol. The van der Waals surface area contributed by atoms with E-state index in [-0.39, 0.29) is 0 Å². The van der Waals surface area contributed by atoms with Crippen molar-refractivity contribution in [2.45, 2.75) is 31.6 Å². The summed E-state index contributed by atoms with van der Waals surface area (Å²) in [5, 5.41) is 0.366. The molecule has 0 spiro atoms. The zero-order valence-corrected chi connectivity index (χ0v) is 11.1. The number of pyridine rings is 1. The van der Waals surface area contributed by atoms with Gasteiger partial charge in [-0.1, -0.05) is 6.92 Å². The highest BCUT2D eigenvalue weighted by molar-refractivity contribution is 9.10. The van der Waals surface area contributed by atoms with Gasteiger partial charge in [-0.25, -0.2) is 0 Å². The van der Waals surface area contributed by atoms with E-state index in [9.17, 15) is 0 Å². The first kappa shape index (κ1) is 11.4. The largest absolute Gasteiger partial charge is 0.260 e. The Balaban J connectivity index is 2.00. The molecule has 15 heavy (non-hydrogen) atoms. The Morgan fingerprint density at radius 1 is 1.47 bits per heavy atom. The Labute approximate surface area is 104 Å². The van der Waals surface area contributed by atoms with E-state index in [1.807, 2.05) is 6.20 Å². The number of alkyl halides is 1. The summed E-state index contributed by atoms with van der Waals surface area (Å²) in [5.74, 6) is 1.33. The lowest BCUT2D eigenvalue weighted by molar-refractivity contribution is 0.416. The SMILES string of the molecule is CC1C(Cl)CCC1Cc1ccc(Br)cn1. The lowest BCUT2D eigenvalue weighted by Gasteiger charge is -2.16. The summed E-state index contributed by atoms with van der Waals surface area (Å²) in [6.45, 7) is 2.26. The third-order valence-electron chi connectivity index (χ3n) is 3.39. The van der Waals surface area contributed by atoms with E-state index in [2.05, 4.69) is 40.0 Å². The van der Waals surface area contributed by atoms with Gasteiger partial charge in [0.2, 0.25) is 0 Å². The monoisotopic (exact) mass is 287 g/mol. The average Bonchev–Trinajstić information content (AvgIpc) is 2.53. The van der Waals surface area contributed by atoms with E-state index in [0.717, 1.165) is 17.3 Å². The summed E-state index contributed by atoms with van der Waals surface area (Å²) in [4.78, 5) is 4.41. The molecule has 0 bridgehead atoms. The first-order valence-corrected chi connectivity index (χ1v) is 6.64. The van der Waals surface area contributed by atoms with Crippen molar-refractivity contribution in [3.05, 3.63) is 28.5 Å². The highest BCUT2D eigenvalue weighted by atomic mass is 79.9. The first-order chi connectivity index (χ1) is 7.16. The summed E-state index contributed by atoms with van der Waals surface area (Å²) in [7, 11) is 0. The molecular formula is C12H15BrClN. The smallest absolute Gasteiger partial charge is 0.0413 e. The van der Waals surface area contributed by atoms with E-state index in [4.69, 9.17) is 11.6 Å². The van der Waals surface area contributed by atoms with Gasteiger partial charge in [0.1, 0.15) is 0 Å². The van der Waals surface area contributed by atoms with Crippen LogP contribution in [-0.2, 0) is 6.42 Å². The van der Waals surface area contributed by atoms with E-state index in [0.29, 0.717) is 17.2 Å². The zero-order valence-electron chi connectivity index (χ0n) is 8.79. The normalized spacial score (nSPS) is 30.7. The van der Waals surface area contributed by atoms with E-state index in [1.165, 1.54) is 12.1 Å². The molecule has 0 saturated heterocycles. The highest BCUT2D eigenvalue weighted by Crippen LogP contribution is 2.37. The van der Waals surface area contributed by atoms with Gasteiger partial charge in [0, 0.05) is 21.7 Å². The molecule has 1 heterocycles. The molecule has 1 fully saturated rings. The van der Waals surface area contributed by atoms with Crippen LogP contribution in [0.4, 0.5) is 0 Å². The van der Waals surface area contributed by atoms with Crippen LogP contribution in [0.2, 0.25) is 0 Å². The third kappa shape index (κ3) is 2.73. The van der Waals surface area contributed by atoms with Gasteiger partial charge in [-0.05, 0) is 59.2 Å². The molecule has 0 amide bonds. The van der Waals surface area contributed by atoms with Crippen molar-refractivity contribution in [1.29, 1.82) is 0 Å². The van der Waals surface area contributed by atoms with E-state index < -0.39 is 0 Å². The van der Waals surface area contributed by atoms with Crippen molar-refractivity contribution < 1.29 is 0 Å². The average molecular weight is 289 g/mol. The summed E-state index contributed by atoms with van der Waals surface area (Å²) >= 11 is 9.62. The molecule has 0 radical (unpaired) electrons. The van der Waals surface area contributed by atoms with Crippen LogP contribution in [-0.4, -0.2) is 10.4 Å². The molecule has 0 N–H and O–H groups in total. The number of rotatable bonds is 2. The zero-order chi connectivity index (χ0) is 10.8.